The van der Waals surface area contributed by atoms with Crippen molar-refractivity contribution < 1.29 is 9.90 Å². The zero-order chi connectivity index (χ0) is 15.9. The molecule has 22 heavy (non-hydrogen) atoms. The third-order valence-electron chi connectivity index (χ3n) is 3.29. The van der Waals surface area contributed by atoms with Gasteiger partial charge in [-0.1, -0.05) is 12.1 Å². The van der Waals surface area contributed by atoms with Gasteiger partial charge in [0.25, 0.3) is 0 Å². The van der Waals surface area contributed by atoms with Crippen LogP contribution in [0, 0.1) is 0 Å². The molecule has 1 heterocycles. The molecule has 0 saturated heterocycles. The number of urea groups is 1. The van der Waals surface area contributed by atoms with Crippen LogP contribution in [0.1, 0.15) is 17.2 Å². The van der Waals surface area contributed by atoms with Crippen molar-refractivity contribution in [2.45, 2.75) is 12.6 Å². The van der Waals surface area contributed by atoms with Crippen LogP contribution >= 0.6 is 11.3 Å². The largest absolute Gasteiger partial charge is 0.387 e. The number of hydrogen-bond donors (Lipinski definition) is 3. The van der Waals surface area contributed by atoms with E-state index in [1.807, 2.05) is 60.1 Å². The van der Waals surface area contributed by atoms with E-state index in [-0.39, 0.29) is 12.6 Å². The number of carbonyl (C=O) groups is 1. The predicted molar refractivity (Wildman–Crippen MR) is 90.3 cm³/mol. The van der Waals surface area contributed by atoms with Crippen LogP contribution in [-0.2, 0) is 6.54 Å². The average molecular weight is 319 g/mol. The molecule has 0 radical (unpaired) electrons. The number of aliphatic hydroxyl groups is 1. The zero-order valence-corrected chi connectivity index (χ0v) is 13.6. The van der Waals surface area contributed by atoms with Crippen LogP contribution in [0.3, 0.4) is 0 Å². The third kappa shape index (κ3) is 4.75. The lowest BCUT2D eigenvalue weighted by Gasteiger charge is -2.14. The first-order valence-electron chi connectivity index (χ1n) is 7.04. The SMILES string of the molecule is CN(C)c1ccc(CNC(=O)NCC(O)c2ccsc2)cc1. The standard InChI is InChI=1S/C16H21N3O2S/c1-19(2)14-5-3-12(4-6-14)9-17-16(21)18-10-15(20)13-7-8-22-11-13/h3-8,11,15,20H,9-10H2,1-2H3,(H2,17,18,21). The number of benzene rings is 1. The van der Waals surface area contributed by atoms with Crippen LogP contribution in [0.4, 0.5) is 10.5 Å². The molecular weight excluding hydrogens is 298 g/mol. The van der Waals surface area contributed by atoms with Gasteiger partial charge < -0.3 is 20.6 Å². The fraction of sp³-hybridized carbons (Fsp3) is 0.312. The highest BCUT2D eigenvalue weighted by Gasteiger charge is 2.09. The minimum absolute atomic E-state index is 0.197. The second-order valence-corrected chi connectivity index (χ2v) is 5.98. The van der Waals surface area contributed by atoms with E-state index < -0.39 is 6.10 Å². The summed E-state index contributed by atoms with van der Waals surface area (Å²) in [4.78, 5) is 13.8. The summed E-state index contributed by atoms with van der Waals surface area (Å²) in [5.74, 6) is 0. The Morgan fingerprint density at radius 1 is 1.23 bits per heavy atom. The van der Waals surface area contributed by atoms with Gasteiger partial charge in [-0.3, -0.25) is 0 Å². The van der Waals surface area contributed by atoms with Crippen molar-refractivity contribution in [2.75, 3.05) is 25.5 Å². The Morgan fingerprint density at radius 3 is 2.55 bits per heavy atom. The molecule has 3 N–H and O–H groups in total. The molecule has 0 saturated carbocycles. The van der Waals surface area contributed by atoms with Gasteiger partial charge in [-0.2, -0.15) is 11.3 Å². The van der Waals surface area contributed by atoms with E-state index in [1.54, 1.807) is 0 Å². The summed E-state index contributed by atoms with van der Waals surface area (Å²) in [6, 6.07) is 9.54. The topological polar surface area (TPSA) is 64.6 Å². The van der Waals surface area contributed by atoms with Crippen molar-refractivity contribution in [2.24, 2.45) is 0 Å². The Hall–Kier alpha value is -2.05. The summed E-state index contributed by atoms with van der Waals surface area (Å²) in [6.45, 7) is 0.649. The van der Waals surface area contributed by atoms with Crippen molar-refractivity contribution in [1.29, 1.82) is 0 Å². The third-order valence-corrected chi connectivity index (χ3v) is 3.99. The lowest BCUT2D eigenvalue weighted by Crippen LogP contribution is -2.37. The van der Waals surface area contributed by atoms with Crippen LogP contribution in [0.25, 0.3) is 0 Å². The van der Waals surface area contributed by atoms with Crippen LogP contribution in [0.5, 0.6) is 0 Å². The monoisotopic (exact) mass is 319 g/mol. The fourth-order valence-corrected chi connectivity index (χ4v) is 2.64. The van der Waals surface area contributed by atoms with Crippen molar-refractivity contribution in [3.8, 4) is 0 Å². The number of nitrogens with zero attached hydrogens (tertiary/aromatic N) is 1. The summed E-state index contributed by atoms with van der Waals surface area (Å²) in [7, 11) is 3.97. The lowest BCUT2D eigenvalue weighted by atomic mass is 10.2. The molecular formula is C16H21N3O2S. The number of nitrogens with one attached hydrogen (secondary N) is 2. The number of hydrogen-bond acceptors (Lipinski definition) is 4. The van der Waals surface area contributed by atoms with Gasteiger partial charge in [0, 0.05) is 32.9 Å². The van der Waals surface area contributed by atoms with Crippen molar-refractivity contribution in [3.63, 3.8) is 0 Å². The van der Waals surface area contributed by atoms with Crippen molar-refractivity contribution in [3.05, 3.63) is 52.2 Å². The first kappa shape index (κ1) is 16.3. The molecule has 0 aliphatic carbocycles. The van der Waals surface area contributed by atoms with Gasteiger partial charge in [0.15, 0.2) is 0 Å². The minimum atomic E-state index is -0.670. The number of carbonyl (C=O) groups excluding carboxylic acids is 1. The van der Waals surface area contributed by atoms with Gasteiger partial charge in [0.1, 0.15) is 0 Å². The van der Waals surface area contributed by atoms with Gasteiger partial charge >= 0.3 is 6.03 Å². The van der Waals surface area contributed by atoms with E-state index >= 15 is 0 Å². The van der Waals surface area contributed by atoms with Crippen LogP contribution < -0.4 is 15.5 Å². The Labute approximate surface area is 134 Å². The van der Waals surface area contributed by atoms with Crippen LogP contribution in [0.2, 0.25) is 0 Å². The number of thiophene rings is 1. The molecule has 5 nitrogen and oxygen atoms in total. The summed E-state index contributed by atoms with van der Waals surface area (Å²) in [6.07, 6.45) is -0.670. The van der Waals surface area contributed by atoms with Crippen LogP contribution in [-0.4, -0.2) is 31.8 Å². The van der Waals surface area contributed by atoms with Gasteiger partial charge in [0.05, 0.1) is 6.10 Å². The highest BCUT2D eigenvalue weighted by atomic mass is 32.1. The van der Waals surface area contributed by atoms with Gasteiger partial charge in [-0.15, -0.1) is 0 Å². The predicted octanol–water partition coefficient (Wildman–Crippen LogP) is 2.35. The summed E-state index contributed by atoms with van der Waals surface area (Å²) < 4.78 is 0. The molecule has 0 bridgehead atoms. The minimum Gasteiger partial charge on any atom is -0.387 e. The molecule has 0 aliphatic rings. The number of aliphatic hydroxyl groups excluding tert-OH is 1. The first-order chi connectivity index (χ1) is 10.6. The van der Waals surface area contributed by atoms with Gasteiger partial charge in [0.2, 0.25) is 0 Å². The van der Waals surface area contributed by atoms with E-state index in [4.69, 9.17) is 0 Å². The summed E-state index contributed by atoms with van der Waals surface area (Å²) in [5.41, 5.74) is 2.97. The van der Waals surface area contributed by atoms with E-state index in [1.165, 1.54) is 11.3 Å². The number of amides is 2. The Kier molecular flexibility index (Phi) is 5.80. The van der Waals surface area contributed by atoms with Gasteiger partial charge in [-0.25, -0.2) is 4.79 Å². The normalized spacial score (nSPS) is 11.8. The summed E-state index contributed by atoms with van der Waals surface area (Å²) in [5, 5.41) is 19.1. The molecule has 118 valence electrons. The van der Waals surface area contributed by atoms with Gasteiger partial charge in [-0.05, 0) is 40.1 Å². The zero-order valence-electron chi connectivity index (χ0n) is 12.7. The fourth-order valence-electron chi connectivity index (χ4n) is 1.93. The molecule has 1 aromatic heterocycles. The molecule has 2 rings (SSSR count). The maximum absolute atomic E-state index is 11.7. The second-order valence-electron chi connectivity index (χ2n) is 5.20. The van der Waals surface area contributed by atoms with Crippen molar-refractivity contribution in [1.82, 2.24) is 10.6 Å². The molecule has 0 spiro atoms. The maximum atomic E-state index is 11.7. The Balaban J connectivity index is 1.73. The van der Waals surface area contributed by atoms with Crippen LogP contribution in [0.15, 0.2) is 41.1 Å². The lowest BCUT2D eigenvalue weighted by molar-refractivity contribution is 0.173. The second kappa shape index (κ2) is 7.82. The highest BCUT2D eigenvalue weighted by molar-refractivity contribution is 7.07. The molecule has 0 aliphatic heterocycles. The molecule has 1 aromatic carbocycles. The van der Waals surface area contributed by atoms with E-state index in [0.717, 1.165) is 16.8 Å². The Morgan fingerprint density at radius 2 is 1.95 bits per heavy atom. The molecule has 2 amide bonds. The van der Waals surface area contributed by atoms with E-state index in [9.17, 15) is 9.90 Å². The number of rotatable bonds is 6. The quantitative estimate of drug-likeness (QED) is 0.766. The molecule has 0 fully saturated rings. The average Bonchev–Trinajstić information content (AvgIpc) is 3.05. The van der Waals surface area contributed by atoms with E-state index in [2.05, 4.69) is 10.6 Å². The number of anilines is 1. The van der Waals surface area contributed by atoms with Crippen molar-refractivity contribution >= 4 is 23.1 Å². The molecule has 2 aromatic rings. The molecule has 1 unspecified atom stereocenters. The first-order valence-corrected chi connectivity index (χ1v) is 7.98. The molecule has 1 atom stereocenters. The highest BCUT2D eigenvalue weighted by Crippen LogP contribution is 2.15. The summed E-state index contributed by atoms with van der Waals surface area (Å²) >= 11 is 1.52. The smallest absolute Gasteiger partial charge is 0.315 e. The Bertz CT molecular complexity index is 582. The maximum Gasteiger partial charge on any atom is 0.315 e. The molecule has 6 heteroatoms. The van der Waals surface area contributed by atoms with E-state index in [0.29, 0.717) is 6.54 Å².